The van der Waals surface area contributed by atoms with Crippen LogP contribution in [0, 0.1) is 0 Å². The van der Waals surface area contributed by atoms with Crippen LogP contribution < -0.4 is 11.1 Å². The molecule has 3 heterocycles. The van der Waals surface area contributed by atoms with Crippen molar-refractivity contribution in [2.24, 2.45) is 0 Å². The molecule has 1 saturated heterocycles. The van der Waals surface area contributed by atoms with Crippen LogP contribution in [-0.4, -0.2) is 34.4 Å². The SMILES string of the molecule is O=C(Cn1c(=O)oc2ccccc21)N1CCC2(CC1)C(=O)Nc1ccccc12. The largest absolute Gasteiger partial charge is 0.420 e. The number of amides is 2. The zero-order valence-corrected chi connectivity index (χ0v) is 15.2. The van der Waals surface area contributed by atoms with Crippen molar-refractivity contribution in [2.45, 2.75) is 24.8 Å². The highest BCUT2D eigenvalue weighted by Crippen LogP contribution is 2.44. The zero-order chi connectivity index (χ0) is 19.3. The second-order valence-corrected chi connectivity index (χ2v) is 7.38. The van der Waals surface area contributed by atoms with E-state index < -0.39 is 11.2 Å². The van der Waals surface area contributed by atoms with Crippen molar-refractivity contribution in [3.63, 3.8) is 0 Å². The zero-order valence-electron chi connectivity index (χ0n) is 15.2. The molecule has 0 unspecified atom stereocenters. The lowest BCUT2D eigenvalue weighted by molar-refractivity contribution is -0.135. The van der Waals surface area contributed by atoms with Gasteiger partial charge in [-0.15, -0.1) is 0 Å². The molecule has 1 aromatic heterocycles. The fourth-order valence-electron chi connectivity index (χ4n) is 4.41. The third-order valence-corrected chi connectivity index (χ3v) is 5.96. The van der Waals surface area contributed by atoms with Crippen LogP contribution in [0.15, 0.2) is 57.7 Å². The van der Waals surface area contributed by atoms with E-state index in [2.05, 4.69) is 5.32 Å². The van der Waals surface area contributed by atoms with Crippen molar-refractivity contribution < 1.29 is 14.0 Å². The second kappa shape index (κ2) is 6.09. The normalized spacial score (nSPS) is 17.7. The van der Waals surface area contributed by atoms with E-state index in [1.807, 2.05) is 24.3 Å². The molecule has 142 valence electrons. The van der Waals surface area contributed by atoms with Gasteiger partial charge in [-0.2, -0.15) is 0 Å². The van der Waals surface area contributed by atoms with Crippen molar-refractivity contribution in [3.05, 3.63) is 64.6 Å². The number of para-hydroxylation sites is 3. The molecule has 0 aliphatic carbocycles. The number of aromatic nitrogens is 1. The monoisotopic (exact) mass is 377 g/mol. The number of hydrogen-bond donors (Lipinski definition) is 1. The van der Waals surface area contributed by atoms with Gasteiger partial charge in [0, 0.05) is 18.8 Å². The molecule has 2 aromatic carbocycles. The molecule has 5 rings (SSSR count). The fourth-order valence-corrected chi connectivity index (χ4v) is 4.41. The molecule has 0 bridgehead atoms. The Morgan fingerprint density at radius 3 is 2.57 bits per heavy atom. The van der Waals surface area contributed by atoms with Gasteiger partial charge in [0.15, 0.2) is 5.58 Å². The average Bonchev–Trinajstić information content (AvgIpc) is 3.17. The fraction of sp³-hybridized carbons (Fsp3) is 0.286. The summed E-state index contributed by atoms with van der Waals surface area (Å²) in [6.07, 6.45) is 1.14. The third-order valence-electron chi connectivity index (χ3n) is 5.96. The molecule has 2 amide bonds. The molecule has 0 atom stereocenters. The Kier molecular flexibility index (Phi) is 3.65. The third kappa shape index (κ3) is 2.39. The van der Waals surface area contributed by atoms with E-state index in [1.54, 1.807) is 29.2 Å². The summed E-state index contributed by atoms with van der Waals surface area (Å²) in [6, 6.07) is 14.8. The molecule has 1 fully saturated rings. The molecule has 7 nitrogen and oxygen atoms in total. The van der Waals surface area contributed by atoms with Crippen LogP contribution >= 0.6 is 0 Å². The molecule has 1 N–H and O–H groups in total. The van der Waals surface area contributed by atoms with Crippen LogP contribution in [0.4, 0.5) is 5.69 Å². The molecular weight excluding hydrogens is 358 g/mol. The van der Waals surface area contributed by atoms with E-state index >= 15 is 0 Å². The Bertz CT molecular complexity index is 1150. The van der Waals surface area contributed by atoms with E-state index in [-0.39, 0.29) is 18.4 Å². The number of oxazole rings is 1. The standard InChI is InChI=1S/C21H19N3O4/c25-18(13-24-16-7-3-4-8-17(16)28-20(24)27)23-11-9-21(10-12-23)14-5-1-2-6-15(14)22-19(21)26/h1-8H,9-13H2,(H,22,26). The van der Waals surface area contributed by atoms with Gasteiger partial charge in [0.25, 0.3) is 0 Å². The first kappa shape index (κ1) is 16.8. The van der Waals surface area contributed by atoms with Crippen molar-refractivity contribution in [1.29, 1.82) is 0 Å². The van der Waals surface area contributed by atoms with Gasteiger partial charge in [-0.3, -0.25) is 14.2 Å². The minimum Gasteiger partial charge on any atom is -0.408 e. The highest BCUT2D eigenvalue weighted by atomic mass is 16.4. The number of carbonyl (C=O) groups is 2. The van der Waals surface area contributed by atoms with Crippen LogP contribution in [0.25, 0.3) is 11.1 Å². The lowest BCUT2D eigenvalue weighted by atomic mass is 9.73. The number of anilines is 1. The summed E-state index contributed by atoms with van der Waals surface area (Å²) in [5, 5.41) is 2.97. The molecule has 2 aliphatic heterocycles. The smallest absolute Gasteiger partial charge is 0.408 e. The van der Waals surface area contributed by atoms with Gasteiger partial charge in [0.1, 0.15) is 6.54 Å². The van der Waals surface area contributed by atoms with E-state index in [9.17, 15) is 14.4 Å². The number of nitrogens with zero attached hydrogens (tertiary/aromatic N) is 2. The maximum absolute atomic E-state index is 12.8. The van der Waals surface area contributed by atoms with Crippen LogP contribution in [0.5, 0.6) is 0 Å². The summed E-state index contributed by atoms with van der Waals surface area (Å²) >= 11 is 0. The second-order valence-electron chi connectivity index (χ2n) is 7.38. The molecule has 3 aromatic rings. The van der Waals surface area contributed by atoms with Crippen molar-refractivity contribution in [2.75, 3.05) is 18.4 Å². The molecule has 1 spiro atoms. The molecule has 2 aliphatic rings. The Morgan fingerprint density at radius 1 is 1.04 bits per heavy atom. The van der Waals surface area contributed by atoms with Crippen LogP contribution in [0.1, 0.15) is 18.4 Å². The molecule has 28 heavy (non-hydrogen) atoms. The quantitative estimate of drug-likeness (QED) is 0.741. The average molecular weight is 377 g/mol. The lowest BCUT2D eigenvalue weighted by Crippen LogP contribution is -2.49. The Morgan fingerprint density at radius 2 is 1.75 bits per heavy atom. The molecule has 7 heteroatoms. The van der Waals surface area contributed by atoms with Gasteiger partial charge in [-0.25, -0.2) is 4.79 Å². The number of nitrogens with one attached hydrogen (secondary N) is 1. The molecule has 0 saturated carbocycles. The van der Waals surface area contributed by atoms with E-state index in [4.69, 9.17) is 4.42 Å². The number of hydrogen-bond acceptors (Lipinski definition) is 4. The Labute approximate surface area is 160 Å². The van der Waals surface area contributed by atoms with Gasteiger partial charge < -0.3 is 14.6 Å². The summed E-state index contributed by atoms with van der Waals surface area (Å²) in [5.74, 6) is -0.667. The first-order valence-electron chi connectivity index (χ1n) is 9.36. The van der Waals surface area contributed by atoms with Gasteiger partial charge in [0.2, 0.25) is 11.8 Å². The topological polar surface area (TPSA) is 84.6 Å². The first-order chi connectivity index (χ1) is 13.6. The number of likely N-dealkylation sites (tertiary alicyclic amines) is 1. The molecular formula is C21H19N3O4. The minimum atomic E-state index is -0.563. The maximum atomic E-state index is 12.8. The molecule has 0 radical (unpaired) electrons. The highest BCUT2D eigenvalue weighted by Gasteiger charge is 2.48. The number of fused-ring (bicyclic) bond motifs is 3. The van der Waals surface area contributed by atoms with Crippen LogP contribution in [-0.2, 0) is 21.5 Å². The van der Waals surface area contributed by atoms with E-state index in [1.165, 1.54) is 4.57 Å². The Balaban J connectivity index is 1.35. The summed E-state index contributed by atoms with van der Waals surface area (Å²) < 4.78 is 6.56. The lowest BCUT2D eigenvalue weighted by Gasteiger charge is -2.38. The summed E-state index contributed by atoms with van der Waals surface area (Å²) in [7, 11) is 0. The predicted molar refractivity (Wildman–Crippen MR) is 103 cm³/mol. The van der Waals surface area contributed by atoms with E-state index in [0.717, 1.165) is 11.3 Å². The van der Waals surface area contributed by atoms with Crippen LogP contribution in [0.2, 0.25) is 0 Å². The van der Waals surface area contributed by atoms with Gasteiger partial charge >= 0.3 is 5.76 Å². The highest BCUT2D eigenvalue weighted by molar-refractivity contribution is 6.06. The number of carbonyl (C=O) groups excluding carboxylic acids is 2. The summed E-state index contributed by atoms with van der Waals surface area (Å²) in [4.78, 5) is 39.3. The summed E-state index contributed by atoms with van der Waals surface area (Å²) in [5.41, 5.74) is 2.40. The van der Waals surface area contributed by atoms with Crippen molar-refractivity contribution in [1.82, 2.24) is 9.47 Å². The Hall–Kier alpha value is -3.35. The van der Waals surface area contributed by atoms with Gasteiger partial charge in [0.05, 0.1) is 10.9 Å². The van der Waals surface area contributed by atoms with Crippen molar-refractivity contribution in [3.8, 4) is 0 Å². The van der Waals surface area contributed by atoms with Crippen LogP contribution in [0.3, 0.4) is 0 Å². The number of piperidine rings is 1. The maximum Gasteiger partial charge on any atom is 0.420 e. The first-order valence-corrected chi connectivity index (χ1v) is 9.36. The number of rotatable bonds is 2. The van der Waals surface area contributed by atoms with Gasteiger partial charge in [-0.1, -0.05) is 30.3 Å². The number of benzene rings is 2. The minimum absolute atomic E-state index is 0.0119. The van der Waals surface area contributed by atoms with E-state index in [0.29, 0.717) is 37.0 Å². The van der Waals surface area contributed by atoms with Gasteiger partial charge in [-0.05, 0) is 36.6 Å². The van der Waals surface area contributed by atoms with Crippen molar-refractivity contribution >= 4 is 28.6 Å². The summed E-state index contributed by atoms with van der Waals surface area (Å²) in [6.45, 7) is 0.891. The predicted octanol–water partition coefficient (Wildman–Crippen LogP) is 2.11.